The van der Waals surface area contributed by atoms with Gasteiger partial charge in [0.05, 0.1) is 23.6 Å². The summed E-state index contributed by atoms with van der Waals surface area (Å²) in [6.45, 7) is 0.777. The van der Waals surface area contributed by atoms with Gasteiger partial charge < -0.3 is 9.94 Å². The Morgan fingerprint density at radius 1 is 1.18 bits per heavy atom. The lowest BCUT2D eigenvalue weighted by atomic mass is 9.99. The van der Waals surface area contributed by atoms with E-state index in [0.29, 0.717) is 31.7 Å². The zero-order valence-electron chi connectivity index (χ0n) is 18.7. The molecule has 1 aromatic heterocycles. The molecule has 2 amide bonds. The Morgan fingerprint density at radius 3 is 2.39 bits per heavy atom. The zero-order chi connectivity index (χ0) is 23.2. The van der Waals surface area contributed by atoms with Gasteiger partial charge >= 0.3 is 16.2 Å². The first kappa shape index (κ1) is 22.3. The fourth-order valence-electron chi connectivity index (χ4n) is 5.33. The number of benzene rings is 1. The van der Waals surface area contributed by atoms with Crippen LogP contribution in [0.5, 0.6) is 0 Å². The first-order valence-corrected chi connectivity index (χ1v) is 12.9. The van der Waals surface area contributed by atoms with E-state index in [4.69, 9.17) is 4.74 Å². The van der Waals surface area contributed by atoms with Crippen LogP contribution in [0.25, 0.3) is 0 Å². The molecule has 10 nitrogen and oxygen atoms in total. The molecule has 0 spiro atoms. The maximum atomic E-state index is 13.5. The monoisotopic (exact) mass is 475 g/mol. The maximum Gasteiger partial charge on any atom is 0.436 e. The molecule has 0 saturated carbocycles. The number of hydrogen-bond donors (Lipinski definition) is 2. The van der Waals surface area contributed by atoms with Crippen LogP contribution in [0.15, 0.2) is 18.5 Å². The molecule has 178 valence electrons. The van der Waals surface area contributed by atoms with E-state index in [1.165, 1.54) is 28.2 Å². The third-order valence-electron chi connectivity index (χ3n) is 6.86. The van der Waals surface area contributed by atoms with Crippen molar-refractivity contribution < 1.29 is 22.4 Å². The Morgan fingerprint density at radius 2 is 1.82 bits per heavy atom. The number of carbonyl (C=O) groups excluding carboxylic acids is 1. The molecule has 1 saturated heterocycles. The molecule has 2 N–H and O–H groups in total. The minimum atomic E-state index is -4.61. The highest BCUT2D eigenvalue weighted by atomic mass is 32.2. The van der Waals surface area contributed by atoms with E-state index in [1.807, 2.05) is 0 Å². The number of rotatable bonds is 5. The van der Waals surface area contributed by atoms with Crippen LogP contribution in [0.2, 0.25) is 0 Å². The molecule has 33 heavy (non-hydrogen) atoms. The van der Waals surface area contributed by atoms with Gasteiger partial charge in [-0.05, 0) is 73.6 Å². The van der Waals surface area contributed by atoms with Crippen LogP contribution in [0.3, 0.4) is 0 Å². The van der Waals surface area contributed by atoms with E-state index in [-0.39, 0.29) is 5.69 Å². The molecule has 1 unspecified atom stereocenters. The molecule has 2 heterocycles. The molecule has 3 aliphatic rings. The Hall–Kier alpha value is -2.47. The van der Waals surface area contributed by atoms with Crippen LogP contribution >= 0.6 is 0 Å². The zero-order valence-corrected chi connectivity index (χ0v) is 19.5. The van der Waals surface area contributed by atoms with Crippen LogP contribution in [0.4, 0.5) is 16.2 Å². The molecule has 11 heteroatoms. The number of anilines is 2. The van der Waals surface area contributed by atoms with E-state index in [0.717, 1.165) is 54.0 Å². The number of ether oxygens (including phenoxy) is 1. The summed E-state index contributed by atoms with van der Waals surface area (Å²) in [7, 11) is -2.94. The number of hydroxylamine groups is 1. The Balaban J connectivity index is 1.45. The highest BCUT2D eigenvalue weighted by Gasteiger charge is 2.40. The number of urea groups is 1. The Bertz CT molecular complexity index is 1140. The smallest absolute Gasteiger partial charge is 0.436 e. The quantitative estimate of drug-likeness (QED) is 0.628. The van der Waals surface area contributed by atoms with Gasteiger partial charge in [-0.25, -0.2) is 9.10 Å². The second-order valence-electron chi connectivity index (χ2n) is 8.99. The molecular formula is C22H29N5O5S. The van der Waals surface area contributed by atoms with E-state index in [2.05, 4.69) is 16.5 Å². The lowest BCUT2D eigenvalue weighted by Gasteiger charge is -2.35. The molecule has 0 radical (unpaired) electrons. The maximum absolute atomic E-state index is 13.5. The summed E-state index contributed by atoms with van der Waals surface area (Å²) in [4.78, 5) is 13.1. The molecular weight excluding hydrogens is 446 g/mol. The van der Waals surface area contributed by atoms with Gasteiger partial charge in [-0.2, -0.15) is 18.0 Å². The molecule has 2 aliphatic carbocycles. The van der Waals surface area contributed by atoms with Crippen molar-refractivity contribution in [3.63, 3.8) is 0 Å². The first-order chi connectivity index (χ1) is 15.9. The van der Waals surface area contributed by atoms with Crippen molar-refractivity contribution >= 4 is 27.6 Å². The predicted molar refractivity (Wildman–Crippen MR) is 122 cm³/mol. The van der Waals surface area contributed by atoms with E-state index >= 15 is 0 Å². The second kappa shape index (κ2) is 8.71. The van der Waals surface area contributed by atoms with Crippen molar-refractivity contribution in [3.8, 4) is 0 Å². The predicted octanol–water partition coefficient (Wildman–Crippen LogP) is 1.24. The number of aromatic nitrogens is 2. The van der Waals surface area contributed by atoms with Gasteiger partial charge in [-0.1, -0.05) is 6.07 Å². The largest absolute Gasteiger partial charge is 0.608 e. The van der Waals surface area contributed by atoms with Crippen molar-refractivity contribution in [3.05, 3.63) is 45.9 Å². The topological polar surface area (TPSA) is 121 Å². The summed E-state index contributed by atoms with van der Waals surface area (Å²) >= 11 is 0. The molecule has 1 aromatic carbocycles. The van der Waals surface area contributed by atoms with Gasteiger partial charge in [0.25, 0.3) is 0 Å². The number of amides is 2. The Labute approximate surface area is 193 Å². The van der Waals surface area contributed by atoms with Gasteiger partial charge in [-0.3, -0.25) is 10.00 Å². The number of carbonyl (C=O) groups is 1. The van der Waals surface area contributed by atoms with Crippen molar-refractivity contribution in [1.29, 1.82) is 0 Å². The summed E-state index contributed by atoms with van der Waals surface area (Å²) in [6.07, 6.45) is 9.31. The molecule has 1 aliphatic heterocycles. The van der Waals surface area contributed by atoms with E-state index in [9.17, 15) is 18.4 Å². The number of hydrogen-bond acceptors (Lipinski definition) is 6. The average molecular weight is 476 g/mol. The van der Waals surface area contributed by atoms with Crippen molar-refractivity contribution in [2.45, 2.75) is 57.4 Å². The van der Waals surface area contributed by atoms with Crippen LogP contribution < -0.4 is 14.1 Å². The van der Waals surface area contributed by atoms with Crippen molar-refractivity contribution in [1.82, 2.24) is 9.78 Å². The number of aryl methyl sites for hydroxylation is 3. The molecule has 2 aromatic rings. The van der Waals surface area contributed by atoms with E-state index < -0.39 is 26.8 Å². The summed E-state index contributed by atoms with van der Waals surface area (Å²) in [5.74, 6) is 0. The van der Waals surface area contributed by atoms with E-state index in [1.54, 1.807) is 7.05 Å². The summed E-state index contributed by atoms with van der Waals surface area (Å²) in [5, 5.41) is 19.9. The average Bonchev–Trinajstić information content (AvgIpc) is 3.55. The standard InChI is InChI=1S/C22H29N5O5S/c1-25-14-18(13-23-25)26(17-8-10-32-11-9-17)33(30,31)27(29)22(28)24-21-19-6-2-4-15(19)12-16-5-3-7-20(16)21/h12-14,17,27H,2-11H2,1H3,(H,24,28). The Kier molecular flexibility index (Phi) is 5.89. The van der Waals surface area contributed by atoms with Gasteiger partial charge in [0.2, 0.25) is 0 Å². The van der Waals surface area contributed by atoms with Gasteiger partial charge in [0.1, 0.15) is 0 Å². The highest BCUT2D eigenvalue weighted by molar-refractivity contribution is 7.86. The van der Waals surface area contributed by atoms with Gasteiger partial charge in [0, 0.05) is 26.5 Å². The first-order valence-electron chi connectivity index (χ1n) is 11.5. The fourth-order valence-corrected chi connectivity index (χ4v) is 6.76. The number of nitrogens with zero attached hydrogens (tertiary/aromatic N) is 3. The number of fused-ring (bicyclic) bond motifs is 2. The van der Waals surface area contributed by atoms with Crippen LogP contribution in [-0.4, -0.2) is 43.5 Å². The summed E-state index contributed by atoms with van der Waals surface area (Å²) in [5.41, 5.74) is 5.41. The van der Waals surface area contributed by atoms with Crippen molar-refractivity contribution in [2.24, 2.45) is 7.05 Å². The normalized spacial score (nSPS) is 19.2. The van der Waals surface area contributed by atoms with Crippen LogP contribution in [-0.2, 0) is 47.7 Å². The third kappa shape index (κ3) is 4.03. The molecule has 1 atom stereocenters. The highest BCUT2D eigenvalue weighted by Crippen LogP contribution is 2.38. The van der Waals surface area contributed by atoms with Crippen LogP contribution in [0.1, 0.15) is 47.9 Å². The third-order valence-corrected chi connectivity index (χ3v) is 8.54. The van der Waals surface area contributed by atoms with Crippen LogP contribution in [0, 0.1) is 5.21 Å². The fraction of sp³-hybridized carbons (Fsp3) is 0.545. The van der Waals surface area contributed by atoms with Gasteiger partial charge in [-0.15, -0.1) is 0 Å². The summed E-state index contributed by atoms with van der Waals surface area (Å²) < 4.78 is 33.4. The minimum absolute atomic E-state index is 0.270. The summed E-state index contributed by atoms with van der Waals surface area (Å²) in [6, 6.07) is 0.633. The number of nitrogens with one attached hydrogen (secondary N) is 2. The second-order valence-corrected chi connectivity index (χ2v) is 10.7. The lowest BCUT2D eigenvalue weighted by Crippen LogP contribution is -3.14. The molecule has 0 bridgehead atoms. The molecule has 5 rings (SSSR count). The minimum Gasteiger partial charge on any atom is -0.608 e. The SMILES string of the molecule is Cn1cc(N(C2CCOCC2)S(=O)(=O)[NH+]([O-])C(=O)Nc2c3c(cc4c2CCC4)CCC3)cn1. The van der Waals surface area contributed by atoms with Crippen molar-refractivity contribution in [2.75, 3.05) is 22.8 Å². The molecule has 1 fully saturated rings. The number of quaternary nitrogens is 1. The lowest BCUT2D eigenvalue weighted by molar-refractivity contribution is -0.604. The van der Waals surface area contributed by atoms with Gasteiger partial charge in [0.15, 0.2) is 0 Å².